The molecule has 0 spiro atoms. The highest BCUT2D eigenvalue weighted by Crippen LogP contribution is 2.25. The van der Waals surface area contributed by atoms with Crippen LogP contribution in [0.2, 0.25) is 0 Å². The fraction of sp³-hybridized carbons (Fsp3) is 0.571. The van der Waals surface area contributed by atoms with Crippen molar-refractivity contribution < 1.29 is 13.2 Å². The highest BCUT2D eigenvalue weighted by atomic mass is 79.9. The largest absolute Gasteiger partial charge is 0.389 e. The lowest BCUT2D eigenvalue weighted by atomic mass is 10.2. The summed E-state index contributed by atoms with van der Waals surface area (Å²) in [6, 6.07) is 7.70. The smallest absolute Gasteiger partial charge is 0.313 e. The van der Waals surface area contributed by atoms with Crippen LogP contribution in [0.1, 0.15) is 26.2 Å². The molecule has 1 N–H and O–H groups in total. The van der Waals surface area contributed by atoms with E-state index in [1.165, 1.54) is 0 Å². The molecule has 0 bridgehead atoms. The van der Waals surface area contributed by atoms with E-state index in [1.54, 1.807) is 11.8 Å². The normalized spacial score (nSPS) is 13.4. The van der Waals surface area contributed by atoms with Crippen molar-refractivity contribution in [2.24, 2.45) is 0 Å². The average molecular weight is 370 g/mol. The first kappa shape index (κ1) is 17.9. The molecule has 0 amide bonds. The molecule has 1 aromatic carbocycles. The van der Waals surface area contributed by atoms with Gasteiger partial charge in [-0.3, -0.25) is 0 Å². The number of alkyl halides is 3. The van der Waals surface area contributed by atoms with E-state index in [4.69, 9.17) is 0 Å². The van der Waals surface area contributed by atoms with Crippen LogP contribution in [0.25, 0.3) is 0 Å². The highest BCUT2D eigenvalue weighted by molar-refractivity contribution is 9.10. The maximum Gasteiger partial charge on any atom is 0.389 e. The van der Waals surface area contributed by atoms with Gasteiger partial charge >= 0.3 is 6.18 Å². The second kappa shape index (κ2) is 8.95. The quantitative estimate of drug-likeness (QED) is 0.627. The van der Waals surface area contributed by atoms with Crippen molar-refractivity contribution in [1.82, 2.24) is 5.32 Å². The summed E-state index contributed by atoms with van der Waals surface area (Å²) in [6.07, 6.45) is -3.75. The lowest BCUT2D eigenvalue weighted by molar-refractivity contribution is -0.136. The maximum absolute atomic E-state index is 12.3. The van der Waals surface area contributed by atoms with Crippen LogP contribution in [0.15, 0.2) is 33.6 Å². The molecule has 1 rings (SSSR count). The van der Waals surface area contributed by atoms with Gasteiger partial charge in [0.05, 0.1) is 0 Å². The minimum atomic E-state index is -4.07. The van der Waals surface area contributed by atoms with E-state index in [2.05, 4.69) is 21.2 Å². The third-order valence-electron chi connectivity index (χ3n) is 2.72. The van der Waals surface area contributed by atoms with Crippen LogP contribution in [0.3, 0.4) is 0 Å². The van der Waals surface area contributed by atoms with E-state index < -0.39 is 12.6 Å². The molecule has 0 saturated carbocycles. The van der Waals surface area contributed by atoms with Crippen LogP contribution in [-0.2, 0) is 0 Å². The van der Waals surface area contributed by atoms with Gasteiger partial charge in [0, 0.05) is 27.6 Å². The zero-order valence-electron chi connectivity index (χ0n) is 11.3. The van der Waals surface area contributed by atoms with Gasteiger partial charge < -0.3 is 5.32 Å². The molecule has 1 unspecified atom stereocenters. The number of benzene rings is 1. The van der Waals surface area contributed by atoms with Crippen LogP contribution in [0.5, 0.6) is 0 Å². The monoisotopic (exact) mass is 369 g/mol. The molecule has 1 nitrogen and oxygen atoms in total. The fourth-order valence-corrected chi connectivity index (χ4v) is 2.93. The van der Waals surface area contributed by atoms with Crippen molar-refractivity contribution in [3.63, 3.8) is 0 Å². The Hall–Kier alpha value is -0.200. The van der Waals surface area contributed by atoms with E-state index >= 15 is 0 Å². The number of halogens is 4. The Labute approximate surface area is 130 Å². The molecule has 0 fully saturated rings. The molecule has 0 aliphatic carbocycles. The molecule has 114 valence electrons. The Kier molecular flexibility index (Phi) is 7.99. The third-order valence-corrected chi connectivity index (χ3v) is 4.43. The van der Waals surface area contributed by atoms with Gasteiger partial charge in [-0.25, -0.2) is 0 Å². The van der Waals surface area contributed by atoms with E-state index in [0.717, 1.165) is 22.3 Å². The van der Waals surface area contributed by atoms with Gasteiger partial charge in [0.2, 0.25) is 0 Å². The summed E-state index contributed by atoms with van der Waals surface area (Å²) in [4.78, 5) is 1.07. The van der Waals surface area contributed by atoms with Gasteiger partial charge in [-0.15, -0.1) is 11.8 Å². The van der Waals surface area contributed by atoms with Gasteiger partial charge in [0.25, 0.3) is 0 Å². The molecular formula is C14H19BrF3NS. The molecule has 0 radical (unpaired) electrons. The summed E-state index contributed by atoms with van der Waals surface area (Å²) in [5.41, 5.74) is 0. The SMILES string of the molecule is CCCNC(CCC(F)(F)F)CSc1ccc(Br)cc1. The number of rotatable bonds is 8. The van der Waals surface area contributed by atoms with E-state index in [1.807, 2.05) is 31.2 Å². The molecule has 1 aromatic rings. The Morgan fingerprint density at radius 3 is 2.45 bits per heavy atom. The summed E-state index contributed by atoms with van der Waals surface area (Å²) < 4.78 is 37.9. The summed E-state index contributed by atoms with van der Waals surface area (Å²) in [5, 5.41) is 3.19. The average Bonchev–Trinajstić information content (AvgIpc) is 2.38. The topological polar surface area (TPSA) is 12.0 Å². The summed E-state index contributed by atoms with van der Waals surface area (Å²) in [6.45, 7) is 2.76. The predicted octanol–water partition coefficient (Wildman–Crippen LogP) is 5.25. The lowest BCUT2D eigenvalue weighted by Crippen LogP contribution is -2.33. The minimum Gasteiger partial charge on any atom is -0.313 e. The number of nitrogens with one attached hydrogen (secondary N) is 1. The van der Waals surface area contributed by atoms with Crippen LogP contribution in [0, 0.1) is 0 Å². The Morgan fingerprint density at radius 2 is 1.90 bits per heavy atom. The molecule has 1 atom stereocenters. The number of hydrogen-bond acceptors (Lipinski definition) is 2. The molecular weight excluding hydrogens is 351 g/mol. The predicted molar refractivity (Wildman–Crippen MR) is 82.2 cm³/mol. The molecule has 20 heavy (non-hydrogen) atoms. The lowest BCUT2D eigenvalue weighted by Gasteiger charge is -2.19. The van der Waals surface area contributed by atoms with Crippen LogP contribution in [-0.4, -0.2) is 24.5 Å². The Morgan fingerprint density at radius 1 is 1.25 bits per heavy atom. The molecule has 0 saturated heterocycles. The van der Waals surface area contributed by atoms with E-state index in [0.29, 0.717) is 5.75 Å². The van der Waals surface area contributed by atoms with Crippen LogP contribution in [0.4, 0.5) is 13.2 Å². The van der Waals surface area contributed by atoms with Crippen molar-refractivity contribution >= 4 is 27.7 Å². The van der Waals surface area contributed by atoms with Gasteiger partial charge in [-0.1, -0.05) is 22.9 Å². The van der Waals surface area contributed by atoms with Crippen molar-refractivity contribution in [3.8, 4) is 0 Å². The molecule has 0 aliphatic rings. The zero-order chi connectivity index (χ0) is 15.0. The standard InChI is InChI=1S/C14H19BrF3NS/c1-2-9-19-12(7-8-14(16,17)18)10-20-13-5-3-11(15)4-6-13/h3-6,12,19H,2,7-10H2,1H3. The molecule has 6 heteroatoms. The maximum atomic E-state index is 12.3. The van der Waals surface area contributed by atoms with Crippen LogP contribution >= 0.6 is 27.7 Å². The minimum absolute atomic E-state index is 0.106. The Bertz CT molecular complexity index is 381. The van der Waals surface area contributed by atoms with Gasteiger partial charge in [-0.05, 0) is 43.7 Å². The van der Waals surface area contributed by atoms with Crippen LogP contribution < -0.4 is 5.32 Å². The molecule has 0 aromatic heterocycles. The van der Waals surface area contributed by atoms with Gasteiger partial charge in [0.1, 0.15) is 0 Å². The summed E-state index contributed by atoms with van der Waals surface area (Å²) in [7, 11) is 0. The zero-order valence-corrected chi connectivity index (χ0v) is 13.7. The highest BCUT2D eigenvalue weighted by Gasteiger charge is 2.28. The summed E-state index contributed by atoms with van der Waals surface area (Å²) in [5.74, 6) is 0.651. The number of thioether (sulfide) groups is 1. The van der Waals surface area contributed by atoms with Crippen molar-refractivity contribution in [2.45, 2.75) is 43.3 Å². The Balaban J connectivity index is 2.44. The van der Waals surface area contributed by atoms with Crippen molar-refractivity contribution in [2.75, 3.05) is 12.3 Å². The molecule has 0 heterocycles. The van der Waals surface area contributed by atoms with E-state index in [-0.39, 0.29) is 12.5 Å². The molecule has 0 aliphatic heterocycles. The van der Waals surface area contributed by atoms with E-state index in [9.17, 15) is 13.2 Å². The fourth-order valence-electron chi connectivity index (χ4n) is 1.66. The first-order valence-electron chi connectivity index (χ1n) is 6.59. The second-order valence-corrected chi connectivity index (χ2v) is 6.58. The first-order chi connectivity index (χ1) is 9.40. The van der Waals surface area contributed by atoms with Crippen molar-refractivity contribution in [3.05, 3.63) is 28.7 Å². The summed E-state index contributed by atoms with van der Waals surface area (Å²) >= 11 is 4.95. The third kappa shape index (κ3) is 8.17. The first-order valence-corrected chi connectivity index (χ1v) is 8.37. The number of hydrogen-bond donors (Lipinski definition) is 1. The van der Waals surface area contributed by atoms with Crippen molar-refractivity contribution in [1.29, 1.82) is 0 Å². The van der Waals surface area contributed by atoms with Gasteiger partial charge in [0.15, 0.2) is 0 Å². The second-order valence-electron chi connectivity index (χ2n) is 4.57. The van der Waals surface area contributed by atoms with Gasteiger partial charge in [-0.2, -0.15) is 13.2 Å².